The quantitative estimate of drug-likeness (QED) is 0.708. The minimum absolute atomic E-state index is 0.0421. The number of carbonyl (C=O) groups excluding carboxylic acids is 3. The van der Waals surface area contributed by atoms with E-state index in [1.54, 1.807) is 13.0 Å². The lowest BCUT2D eigenvalue weighted by Gasteiger charge is -2.29. The molecule has 3 rings (SSSR count). The van der Waals surface area contributed by atoms with Crippen molar-refractivity contribution in [2.75, 3.05) is 20.1 Å². The highest BCUT2D eigenvalue weighted by Crippen LogP contribution is 2.29. The molecule has 0 radical (unpaired) electrons. The van der Waals surface area contributed by atoms with Crippen LogP contribution in [0.1, 0.15) is 22.8 Å². The molecule has 0 aliphatic carbocycles. The van der Waals surface area contributed by atoms with Gasteiger partial charge in [-0.25, -0.2) is 12.7 Å². The van der Waals surface area contributed by atoms with E-state index in [0.29, 0.717) is 10.7 Å². The number of sulfonamides is 1. The smallest absolute Gasteiger partial charge is 0.269 e. The zero-order valence-electron chi connectivity index (χ0n) is 16.7. The highest BCUT2D eigenvalue weighted by Gasteiger charge is 2.42. The molecule has 0 saturated carbocycles. The maximum Gasteiger partial charge on any atom is 0.269 e. The molecule has 1 heterocycles. The van der Waals surface area contributed by atoms with Crippen molar-refractivity contribution >= 4 is 27.7 Å². The Morgan fingerprint density at radius 3 is 2.33 bits per heavy atom. The molecule has 1 aliphatic heterocycles. The van der Waals surface area contributed by atoms with Gasteiger partial charge in [0.25, 0.3) is 15.9 Å². The van der Waals surface area contributed by atoms with Gasteiger partial charge in [0.15, 0.2) is 0 Å². The zero-order valence-corrected chi connectivity index (χ0v) is 17.6. The molecule has 2 aromatic rings. The van der Waals surface area contributed by atoms with E-state index in [2.05, 4.69) is 5.32 Å². The number of hydrogen-bond acceptors (Lipinski definition) is 5. The van der Waals surface area contributed by atoms with E-state index in [1.165, 1.54) is 30.1 Å². The zero-order chi connectivity index (χ0) is 21.9. The van der Waals surface area contributed by atoms with Crippen LogP contribution in [0.4, 0.5) is 0 Å². The number of amides is 3. The van der Waals surface area contributed by atoms with E-state index in [9.17, 15) is 22.8 Å². The van der Waals surface area contributed by atoms with E-state index in [4.69, 9.17) is 0 Å². The first-order valence-electron chi connectivity index (χ1n) is 9.48. The molecule has 0 bridgehead atoms. The van der Waals surface area contributed by atoms with Crippen molar-refractivity contribution in [2.24, 2.45) is 0 Å². The van der Waals surface area contributed by atoms with E-state index >= 15 is 0 Å². The van der Waals surface area contributed by atoms with Gasteiger partial charge in [-0.05, 0) is 31.0 Å². The third-order valence-electron chi connectivity index (χ3n) is 5.09. The molecule has 0 saturated heterocycles. The monoisotopic (exact) mass is 429 g/mol. The third kappa shape index (κ3) is 4.06. The first kappa shape index (κ1) is 21.5. The van der Waals surface area contributed by atoms with Gasteiger partial charge in [0, 0.05) is 13.6 Å². The van der Waals surface area contributed by atoms with Crippen LogP contribution in [0.25, 0.3) is 0 Å². The number of nitrogens with one attached hydrogen (secondary N) is 1. The normalized spacial score (nSPS) is 15.4. The van der Waals surface area contributed by atoms with Gasteiger partial charge in [-0.2, -0.15) is 0 Å². The fourth-order valence-corrected chi connectivity index (χ4v) is 4.90. The molecule has 9 heteroatoms. The molecule has 8 nitrogen and oxygen atoms in total. The first-order chi connectivity index (χ1) is 14.3. The Labute approximate surface area is 175 Å². The van der Waals surface area contributed by atoms with Crippen molar-refractivity contribution in [3.63, 3.8) is 0 Å². The number of nitrogens with zero attached hydrogens (tertiary/aromatic N) is 2. The fraction of sp³-hybridized carbons (Fsp3) is 0.286. The summed E-state index contributed by atoms with van der Waals surface area (Å²) in [5.41, 5.74) is 1.01. The van der Waals surface area contributed by atoms with Gasteiger partial charge in [-0.15, -0.1) is 0 Å². The van der Waals surface area contributed by atoms with Crippen LogP contribution in [0.3, 0.4) is 0 Å². The SMILES string of the molecule is CNC(=O)[C@@H](C)N(CCc1ccccc1)C(=O)CN1C(=O)c2ccccc2S1(=O)=O. The van der Waals surface area contributed by atoms with Crippen LogP contribution < -0.4 is 5.32 Å². The average molecular weight is 429 g/mol. The van der Waals surface area contributed by atoms with Crippen LogP contribution in [-0.4, -0.2) is 61.5 Å². The third-order valence-corrected chi connectivity index (χ3v) is 6.88. The molecule has 3 amide bonds. The standard InChI is InChI=1S/C21H23N3O5S/c1-15(20(26)22-2)23(13-12-16-8-4-3-5-9-16)19(25)14-24-21(27)17-10-6-7-11-18(17)30(24,28)29/h3-11,15H,12-14H2,1-2H3,(H,22,26)/t15-/m1/s1. The Morgan fingerprint density at radius 2 is 1.70 bits per heavy atom. The summed E-state index contributed by atoms with van der Waals surface area (Å²) in [5.74, 6) is -1.74. The first-order valence-corrected chi connectivity index (χ1v) is 10.9. The van der Waals surface area contributed by atoms with Crippen LogP contribution in [-0.2, 0) is 26.0 Å². The summed E-state index contributed by atoms with van der Waals surface area (Å²) >= 11 is 0. The maximum absolute atomic E-state index is 13.1. The Morgan fingerprint density at radius 1 is 1.07 bits per heavy atom. The van der Waals surface area contributed by atoms with Crippen molar-refractivity contribution in [3.05, 3.63) is 65.7 Å². The molecule has 30 heavy (non-hydrogen) atoms. The van der Waals surface area contributed by atoms with Crippen molar-refractivity contribution in [3.8, 4) is 0 Å². The molecule has 0 fully saturated rings. The number of likely N-dealkylation sites (N-methyl/N-ethyl adjacent to an activating group) is 1. The highest BCUT2D eigenvalue weighted by atomic mass is 32.2. The largest absolute Gasteiger partial charge is 0.357 e. The molecule has 0 spiro atoms. The summed E-state index contributed by atoms with van der Waals surface area (Å²) in [6.07, 6.45) is 0.481. The number of carbonyl (C=O) groups is 3. The van der Waals surface area contributed by atoms with Crippen LogP contribution in [0, 0.1) is 0 Å². The van der Waals surface area contributed by atoms with E-state index in [1.807, 2.05) is 30.3 Å². The van der Waals surface area contributed by atoms with Crippen molar-refractivity contribution in [1.82, 2.24) is 14.5 Å². The van der Waals surface area contributed by atoms with Gasteiger partial charge < -0.3 is 10.2 Å². The van der Waals surface area contributed by atoms with Gasteiger partial charge in [-0.3, -0.25) is 14.4 Å². The minimum atomic E-state index is -4.11. The summed E-state index contributed by atoms with van der Waals surface area (Å²) in [4.78, 5) is 39.0. The Balaban J connectivity index is 1.82. The van der Waals surface area contributed by atoms with Crippen molar-refractivity contribution < 1.29 is 22.8 Å². The Kier molecular flexibility index (Phi) is 6.21. The number of hydrogen-bond donors (Lipinski definition) is 1. The van der Waals surface area contributed by atoms with Crippen LogP contribution in [0.5, 0.6) is 0 Å². The topological polar surface area (TPSA) is 104 Å². The number of fused-ring (bicyclic) bond motifs is 1. The van der Waals surface area contributed by atoms with Crippen LogP contribution in [0.15, 0.2) is 59.5 Å². The summed E-state index contributed by atoms with van der Waals surface area (Å²) in [6.45, 7) is 1.11. The maximum atomic E-state index is 13.1. The lowest BCUT2D eigenvalue weighted by atomic mass is 10.1. The predicted molar refractivity (Wildman–Crippen MR) is 110 cm³/mol. The second-order valence-corrected chi connectivity index (χ2v) is 8.76. The van der Waals surface area contributed by atoms with Crippen molar-refractivity contribution in [2.45, 2.75) is 24.3 Å². The van der Waals surface area contributed by atoms with E-state index < -0.39 is 34.4 Å². The second kappa shape index (κ2) is 8.66. The van der Waals surface area contributed by atoms with Gasteiger partial charge in [0.1, 0.15) is 17.5 Å². The average Bonchev–Trinajstić information content (AvgIpc) is 2.94. The Bertz CT molecular complexity index is 1070. The molecule has 1 atom stereocenters. The van der Waals surface area contributed by atoms with E-state index in [0.717, 1.165) is 5.56 Å². The lowest BCUT2D eigenvalue weighted by Crippen LogP contribution is -2.51. The lowest BCUT2D eigenvalue weighted by molar-refractivity contribution is -0.139. The molecular formula is C21H23N3O5S. The van der Waals surface area contributed by atoms with Gasteiger partial charge in [0.05, 0.1) is 5.56 Å². The van der Waals surface area contributed by atoms with E-state index in [-0.39, 0.29) is 22.9 Å². The summed E-state index contributed by atoms with van der Waals surface area (Å²) in [7, 11) is -2.64. The fourth-order valence-electron chi connectivity index (χ4n) is 3.38. The number of benzene rings is 2. The molecular weight excluding hydrogens is 406 g/mol. The summed E-state index contributed by atoms with van der Waals surface area (Å²) in [5, 5.41) is 2.50. The molecule has 0 aromatic heterocycles. The number of rotatable bonds is 7. The summed E-state index contributed by atoms with van der Waals surface area (Å²) in [6, 6.07) is 14.4. The van der Waals surface area contributed by atoms with Gasteiger partial charge >= 0.3 is 0 Å². The summed E-state index contributed by atoms with van der Waals surface area (Å²) < 4.78 is 26.1. The predicted octanol–water partition coefficient (Wildman–Crippen LogP) is 1.04. The molecule has 2 aromatic carbocycles. The van der Waals surface area contributed by atoms with Crippen LogP contribution in [0.2, 0.25) is 0 Å². The second-order valence-electron chi connectivity index (χ2n) is 6.93. The highest BCUT2D eigenvalue weighted by molar-refractivity contribution is 7.90. The van der Waals surface area contributed by atoms with Gasteiger partial charge in [-0.1, -0.05) is 42.5 Å². The van der Waals surface area contributed by atoms with Crippen LogP contribution >= 0.6 is 0 Å². The minimum Gasteiger partial charge on any atom is -0.357 e. The van der Waals surface area contributed by atoms with Crippen molar-refractivity contribution in [1.29, 1.82) is 0 Å². The molecule has 1 aliphatic rings. The van der Waals surface area contributed by atoms with Gasteiger partial charge in [0.2, 0.25) is 11.8 Å². The molecule has 158 valence electrons. The molecule has 0 unspecified atom stereocenters. The Hall–Kier alpha value is -3.20. The molecule has 1 N–H and O–H groups in total.